The van der Waals surface area contributed by atoms with E-state index in [1.807, 2.05) is 31.2 Å². The number of carbonyl (C=O) groups excluding carboxylic acids is 2. The summed E-state index contributed by atoms with van der Waals surface area (Å²) in [7, 11) is 0. The van der Waals surface area contributed by atoms with Gasteiger partial charge in [-0.25, -0.2) is 0 Å². The molecule has 2 aromatic rings. The Hall–Kier alpha value is -3.07. The third kappa shape index (κ3) is 2.92. The van der Waals surface area contributed by atoms with Gasteiger partial charge >= 0.3 is 0 Å². The quantitative estimate of drug-likeness (QED) is 0.659. The van der Waals surface area contributed by atoms with Gasteiger partial charge in [-0.15, -0.1) is 0 Å². The Morgan fingerprint density at radius 2 is 2.30 bits per heavy atom. The number of fused-ring (bicyclic) bond motifs is 1. The lowest BCUT2D eigenvalue weighted by Crippen LogP contribution is -2.45. The first kappa shape index (κ1) is 18.9. The lowest BCUT2D eigenvalue weighted by atomic mass is 9.76. The van der Waals surface area contributed by atoms with Crippen LogP contribution < -0.4 is 0 Å². The molecule has 5 heterocycles. The second-order valence-electron chi connectivity index (χ2n) is 8.04. The molecule has 0 unspecified atom stereocenters. The highest BCUT2D eigenvalue weighted by Gasteiger charge is 2.67. The predicted octanol–water partition coefficient (Wildman–Crippen LogP) is 1.10. The van der Waals surface area contributed by atoms with Crippen LogP contribution in [-0.4, -0.2) is 61.5 Å². The second-order valence-corrected chi connectivity index (χ2v) is 8.04. The van der Waals surface area contributed by atoms with Crippen molar-refractivity contribution in [3.05, 3.63) is 54.0 Å². The van der Waals surface area contributed by atoms with Gasteiger partial charge in [0.25, 0.3) is 0 Å². The SMILES string of the molecule is CCN(Cc1nc(C)no1)C(=O)[C@@H]1[C@@H]2C=C[C@@]3(CN(Cc4cccnc4)C(=O)[C@@H]13)O2. The third-order valence-corrected chi connectivity index (χ3v) is 6.15. The molecule has 2 saturated heterocycles. The Balaban J connectivity index is 1.38. The molecule has 2 amide bonds. The lowest BCUT2D eigenvalue weighted by Gasteiger charge is -2.28. The molecule has 0 radical (unpaired) electrons. The standard InChI is InChI=1S/C21H23N5O4/c1-3-25(11-16-23-13(2)24-30-16)19(27)17-15-6-7-21(29-15)12-26(20(28)18(17)21)10-14-5-4-8-22-9-14/h4-9,15,17-18H,3,10-12H2,1-2H3/t15-,17+,18+,21-/m0/s1. The maximum absolute atomic E-state index is 13.5. The summed E-state index contributed by atoms with van der Waals surface area (Å²) < 4.78 is 11.4. The fourth-order valence-corrected chi connectivity index (χ4v) is 4.83. The normalized spacial score (nSPS) is 28.9. The molecule has 3 aliphatic rings. The minimum absolute atomic E-state index is 0.0475. The van der Waals surface area contributed by atoms with Gasteiger partial charge in [0.15, 0.2) is 5.82 Å². The van der Waals surface area contributed by atoms with Crippen molar-refractivity contribution in [2.45, 2.75) is 38.6 Å². The van der Waals surface area contributed by atoms with Gasteiger partial charge in [-0.2, -0.15) is 4.98 Å². The Bertz CT molecular complexity index is 1010. The zero-order valence-corrected chi connectivity index (χ0v) is 16.9. The van der Waals surface area contributed by atoms with Crippen molar-refractivity contribution in [3.8, 4) is 0 Å². The van der Waals surface area contributed by atoms with Crippen molar-refractivity contribution in [2.24, 2.45) is 11.8 Å². The predicted molar refractivity (Wildman–Crippen MR) is 104 cm³/mol. The molecule has 2 bridgehead atoms. The number of amides is 2. The Morgan fingerprint density at radius 1 is 1.43 bits per heavy atom. The van der Waals surface area contributed by atoms with Crippen LogP contribution in [0.4, 0.5) is 0 Å². The topological polar surface area (TPSA) is 102 Å². The van der Waals surface area contributed by atoms with Crippen molar-refractivity contribution >= 4 is 11.8 Å². The van der Waals surface area contributed by atoms with E-state index in [1.54, 1.807) is 29.1 Å². The number of hydrogen-bond acceptors (Lipinski definition) is 7. The van der Waals surface area contributed by atoms with E-state index in [-0.39, 0.29) is 24.5 Å². The van der Waals surface area contributed by atoms with E-state index in [4.69, 9.17) is 9.26 Å². The summed E-state index contributed by atoms with van der Waals surface area (Å²) in [5, 5.41) is 3.79. The van der Waals surface area contributed by atoms with Crippen LogP contribution in [0.1, 0.15) is 24.2 Å². The largest absolute Gasteiger partial charge is 0.360 e. The number of hydrogen-bond donors (Lipinski definition) is 0. The average molecular weight is 409 g/mol. The Labute approximate surface area is 173 Å². The number of carbonyl (C=O) groups is 2. The van der Waals surface area contributed by atoms with Crippen LogP contribution in [0, 0.1) is 18.8 Å². The molecule has 156 valence electrons. The molecule has 1 spiro atoms. The van der Waals surface area contributed by atoms with Crippen molar-refractivity contribution in [2.75, 3.05) is 13.1 Å². The average Bonchev–Trinajstić information content (AvgIpc) is 3.48. The van der Waals surface area contributed by atoms with Crippen LogP contribution in [0.5, 0.6) is 0 Å². The molecule has 3 aliphatic heterocycles. The number of rotatable bonds is 6. The van der Waals surface area contributed by atoms with Crippen molar-refractivity contribution in [3.63, 3.8) is 0 Å². The molecule has 0 aromatic carbocycles. The van der Waals surface area contributed by atoms with E-state index in [1.165, 1.54) is 0 Å². The summed E-state index contributed by atoms with van der Waals surface area (Å²) in [6.45, 7) is 5.21. The van der Waals surface area contributed by atoms with Gasteiger partial charge in [0.1, 0.15) is 5.60 Å². The summed E-state index contributed by atoms with van der Waals surface area (Å²) in [6, 6.07) is 3.79. The molecule has 0 aliphatic carbocycles. The second kappa shape index (κ2) is 7.02. The van der Waals surface area contributed by atoms with Crippen LogP contribution in [0.15, 0.2) is 41.2 Å². The zero-order chi connectivity index (χ0) is 20.9. The number of pyridine rings is 1. The minimum atomic E-state index is -0.731. The highest BCUT2D eigenvalue weighted by Crippen LogP contribution is 2.52. The molecule has 9 heteroatoms. The molecule has 2 aromatic heterocycles. The number of aromatic nitrogens is 3. The van der Waals surface area contributed by atoms with Crippen LogP contribution in [0.2, 0.25) is 0 Å². The minimum Gasteiger partial charge on any atom is -0.360 e. The van der Waals surface area contributed by atoms with E-state index >= 15 is 0 Å². The third-order valence-electron chi connectivity index (χ3n) is 6.15. The summed E-state index contributed by atoms with van der Waals surface area (Å²) in [5.41, 5.74) is 0.218. The summed E-state index contributed by atoms with van der Waals surface area (Å²) in [4.78, 5) is 38.6. The van der Waals surface area contributed by atoms with Crippen molar-refractivity contribution in [1.29, 1.82) is 0 Å². The van der Waals surface area contributed by atoms with Crippen LogP contribution in [0.3, 0.4) is 0 Å². The van der Waals surface area contributed by atoms with Gasteiger partial charge in [0.2, 0.25) is 17.7 Å². The fourth-order valence-electron chi connectivity index (χ4n) is 4.83. The number of ether oxygens (including phenoxy) is 1. The molecule has 9 nitrogen and oxygen atoms in total. The highest BCUT2D eigenvalue weighted by molar-refractivity contribution is 5.93. The summed E-state index contributed by atoms with van der Waals surface area (Å²) >= 11 is 0. The smallest absolute Gasteiger partial charge is 0.246 e. The van der Waals surface area contributed by atoms with Crippen LogP contribution in [-0.2, 0) is 27.4 Å². The molecular formula is C21H23N5O4. The molecule has 4 atom stereocenters. The molecule has 0 saturated carbocycles. The summed E-state index contributed by atoms with van der Waals surface area (Å²) in [5.74, 6) is -0.330. The first-order valence-corrected chi connectivity index (χ1v) is 10.1. The van der Waals surface area contributed by atoms with E-state index in [0.717, 1.165) is 5.56 Å². The Morgan fingerprint density at radius 3 is 3.00 bits per heavy atom. The first-order chi connectivity index (χ1) is 14.5. The lowest BCUT2D eigenvalue weighted by molar-refractivity contribution is -0.144. The van der Waals surface area contributed by atoms with Crippen molar-refractivity contribution < 1.29 is 18.8 Å². The maximum atomic E-state index is 13.5. The highest BCUT2D eigenvalue weighted by atomic mass is 16.5. The van der Waals surface area contributed by atoms with Crippen LogP contribution >= 0.6 is 0 Å². The van der Waals surface area contributed by atoms with Gasteiger partial charge in [-0.3, -0.25) is 14.6 Å². The zero-order valence-electron chi connectivity index (χ0n) is 16.9. The molecule has 0 N–H and O–H groups in total. The van der Waals surface area contributed by atoms with Crippen LogP contribution in [0.25, 0.3) is 0 Å². The fraction of sp³-hybridized carbons (Fsp3) is 0.476. The number of aryl methyl sites for hydroxylation is 1. The number of nitrogens with zero attached hydrogens (tertiary/aromatic N) is 5. The molecule has 2 fully saturated rings. The van der Waals surface area contributed by atoms with Gasteiger partial charge < -0.3 is 19.1 Å². The Kier molecular flexibility index (Phi) is 4.43. The van der Waals surface area contributed by atoms with Crippen molar-refractivity contribution in [1.82, 2.24) is 24.9 Å². The van der Waals surface area contributed by atoms with Gasteiger partial charge in [-0.05, 0) is 25.5 Å². The van der Waals surface area contributed by atoms with Gasteiger partial charge in [-0.1, -0.05) is 23.4 Å². The van der Waals surface area contributed by atoms with Gasteiger partial charge in [0.05, 0.1) is 31.0 Å². The van der Waals surface area contributed by atoms with E-state index in [9.17, 15) is 9.59 Å². The first-order valence-electron chi connectivity index (χ1n) is 10.1. The van der Waals surface area contributed by atoms with E-state index in [2.05, 4.69) is 15.1 Å². The van der Waals surface area contributed by atoms with E-state index < -0.39 is 17.4 Å². The van der Waals surface area contributed by atoms with E-state index in [0.29, 0.717) is 31.3 Å². The number of likely N-dealkylation sites (tertiary alicyclic amines) is 1. The molecule has 5 rings (SSSR count). The molecular weight excluding hydrogens is 386 g/mol. The van der Waals surface area contributed by atoms with Gasteiger partial charge in [0, 0.05) is 25.5 Å². The summed E-state index contributed by atoms with van der Waals surface area (Å²) in [6.07, 6.45) is 6.96. The monoisotopic (exact) mass is 409 g/mol. The molecule has 30 heavy (non-hydrogen) atoms. The maximum Gasteiger partial charge on any atom is 0.246 e.